The number of furan rings is 1. The number of hydrogen-bond donors (Lipinski definition) is 1. The minimum atomic E-state index is -0.280. The van der Waals surface area contributed by atoms with Gasteiger partial charge in [0, 0.05) is 5.39 Å². The third-order valence-corrected chi connectivity index (χ3v) is 3.78. The minimum Gasteiger partial charge on any atom is -0.491 e. The SMILES string of the molecule is Cc1cccc(OCC(N)c2cc3ccccc3o2)c1C. The summed E-state index contributed by atoms with van der Waals surface area (Å²) in [5.74, 6) is 1.63. The first-order chi connectivity index (χ1) is 10.1. The monoisotopic (exact) mass is 281 g/mol. The lowest BCUT2D eigenvalue weighted by Crippen LogP contribution is -2.18. The summed E-state index contributed by atoms with van der Waals surface area (Å²) in [6.45, 7) is 4.52. The van der Waals surface area contributed by atoms with Crippen molar-refractivity contribution in [3.8, 4) is 5.75 Å². The molecule has 0 radical (unpaired) electrons. The quantitative estimate of drug-likeness (QED) is 0.782. The smallest absolute Gasteiger partial charge is 0.134 e. The average Bonchev–Trinajstić information content (AvgIpc) is 2.92. The van der Waals surface area contributed by atoms with Crippen molar-refractivity contribution in [2.24, 2.45) is 5.73 Å². The molecule has 0 fully saturated rings. The van der Waals surface area contributed by atoms with E-state index in [-0.39, 0.29) is 6.04 Å². The lowest BCUT2D eigenvalue weighted by atomic mass is 10.1. The van der Waals surface area contributed by atoms with Crippen molar-refractivity contribution >= 4 is 11.0 Å². The first-order valence-corrected chi connectivity index (χ1v) is 7.08. The molecule has 3 rings (SSSR count). The highest BCUT2D eigenvalue weighted by atomic mass is 16.5. The van der Waals surface area contributed by atoms with Gasteiger partial charge in [-0.3, -0.25) is 0 Å². The van der Waals surface area contributed by atoms with Gasteiger partial charge in [-0.25, -0.2) is 0 Å². The Kier molecular flexibility index (Phi) is 3.67. The molecule has 0 aliphatic heterocycles. The number of fused-ring (bicyclic) bond motifs is 1. The minimum absolute atomic E-state index is 0.280. The summed E-state index contributed by atoms with van der Waals surface area (Å²) in [5.41, 5.74) is 9.39. The van der Waals surface area contributed by atoms with Crippen LogP contribution >= 0.6 is 0 Å². The van der Waals surface area contributed by atoms with E-state index in [0.29, 0.717) is 6.61 Å². The fraction of sp³-hybridized carbons (Fsp3) is 0.222. The van der Waals surface area contributed by atoms with Crippen LogP contribution in [0.15, 0.2) is 52.9 Å². The van der Waals surface area contributed by atoms with Crippen molar-refractivity contribution < 1.29 is 9.15 Å². The third kappa shape index (κ3) is 2.78. The highest BCUT2D eigenvalue weighted by Crippen LogP contribution is 2.25. The molecule has 0 saturated heterocycles. The predicted molar refractivity (Wildman–Crippen MR) is 84.6 cm³/mol. The fourth-order valence-corrected chi connectivity index (χ4v) is 2.33. The summed E-state index contributed by atoms with van der Waals surface area (Å²) in [6.07, 6.45) is 0. The van der Waals surface area contributed by atoms with Crippen molar-refractivity contribution in [2.45, 2.75) is 19.9 Å². The van der Waals surface area contributed by atoms with Crippen molar-refractivity contribution in [2.75, 3.05) is 6.61 Å². The van der Waals surface area contributed by atoms with Gasteiger partial charge < -0.3 is 14.9 Å². The number of rotatable bonds is 4. The Labute approximate surface area is 124 Å². The maximum absolute atomic E-state index is 6.18. The van der Waals surface area contributed by atoms with Gasteiger partial charge in [0.05, 0.1) is 6.04 Å². The molecule has 1 unspecified atom stereocenters. The molecule has 1 atom stereocenters. The normalized spacial score (nSPS) is 12.5. The van der Waals surface area contributed by atoms with Crippen LogP contribution in [0.5, 0.6) is 5.75 Å². The molecule has 0 aliphatic rings. The Bertz CT molecular complexity index is 728. The van der Waals surface area contributed by atoms with Crippen LogP contribution in [0, 0.1) is 13.8 Å². The van der Waals surface area contributed by atoms with Crippen molar-refractivity contribution in [1.82, 2.24) is 0 Å². The molecule has 2 aromatic carbocycles. The van der Waals surface area contributed by atoms with Gasteiger partial charge in [-0.2, -0.15) is 0 Å². The second-order valence-corrected chi connectivity index (χ2v) is 5.30. The van der Waals surface area contributed by atoms with E-state index in [1.54, 1.807) is 0 Å². The van der Waals surface area contributed by atoms with E-state index in [4.69, 9.17) is 14.9 Å². The standard InChI is InChI=1S/C18H19NO2/c1-12-6-5-9-16(13(12)2)20-11-15(19)18-10-14-7-3-4-8-17(14)21-18/h3-10,15H,11,19H2,1-2H3. The van der Waals surface area contributed by atoms with Crippen LogP contribution in [0.3, 0.4) is 0 Å². The molecule has 1 heterocycles. The number of para-hydroxylation sites is 1. The van der Waals surface area contributed by atoms with Gasteiger partial charge in [-0.05, 0) is 43.2 Å². The molecule has 0 saturated carbocycles. The molecular formula is C18H19NO2. The molecule has 0 spiro atoms. The largest absolute Gasteiger partial charge is 0.491 e. The number of nitrogens with two attached hydrogens (primary N) is 1. The zero-order chi connectivity index (χ0) is 14.8. The van der Waals surface area contributed by atoms with E-state index in [1.807, 2.05) is 42.5 Å². The van der Waals surface area contributed by atoms with Gasteiger partial charge >= 0.3 is 0 Å². The lowest BCUT2D eigenvalue weighted by molar-refractivity contribution is 0.273. The molecule has 3 heteroatoms. The maximum atomic E-state index is 6.18. The first-order valence-electron chi connectivity index (χ1n) is 7.08. The summed E-state index contributed by atoms with van der Waals surface area (Å²) >= 11 is 0. The van der Waals surface area contributed by atoms with E-state index in [0.717, 1.165) is 28.0 Å². The number of benzene rings is 2. The van der Waals surface area contributed by atoms with E-state index >= 15 is 0 Å². The van der Waals surface area contributed by atoms with Gasteiger partial charge in [0.2, 0.25) is 0 Å². The molecule has 1 aromatic heterocycles. The molecule has 0 bridgehead atoms. The van der Waals surface area contributed by atoms with E-state index in [9.17, 15) is 0 Å². The van der Waals surface area contributed by atoms with Crippen LogP contribution in [-0.2, 0) is 0 Å². The second kappa shape index (κ2) is 5.62. The Morgan fingerprint density at radius 2 is 1.90 bits per heavy atom. The van der Waals surface area contributed by atoms with Gasteiger partial charge in [0.1, 0.15) is 23.7 Å². The van der Waals surface area contributed by atoms with Crippen LogP contribution in [0.4, 0.5) is 0 Å². The van der Waals surface area contributed by atoms with Gasteiger partial charge in [0.25, 0.3) is 0 Å². The first kappa shape index (κ1) is 13.7. The summed E-state index contributed by atoms with van der Waals surface area (Å²) in [6, 6.07) is 15.6. The number of hydrogen-bond acceptors (Lipinski definition) is 3. The van der Waals surface area contributed by atoms with Gasteiger partial charge in [-0.15, -0.1) is 0 Å². The van der Waals surface area contributed by atoms with Gasteiger partial charge in [0.15, 0.2) is 0 Å². The zero-order valence-corrected chi connectivity index (χ0v) is 12.3. The maximum Gasteiger partial charge on any atom is 0.134 e. The summed E-state index contributed by atoms with van der Waals surface area (Å²) < 4.78 is 11.6. The lowest BCUT2D eigenvalue weighted by Gasteiger charge is -2.13. The molecule has 2 N–H and O–H groups in total. The van der Waals surface area contributed by atoms with Crippen LogP contribution in [0.25, 0.3) is 11.0 Å². The van der Waals surface area contributed by atoms with Gasteiger partial charge in [-0.1, -0.05) is 30.3 Å². The Morgan fingerprint density at radius 1 is 1.10 bits per heavy atom. The average molecular weight is 281 g/mol. The summed E-state index contributed by atoms with van der Waals surface area (Å²) in [7, 11) is 0. The van der Waals surface area contributed by atoms with Crippen molar-refractivity contribution in [3.63, 3.8) is 0 Å². The van der Waals surface area contributed by atoms with E-state index < -0.39 is 0 Å². The third-order valence-electron chi connectivity index (χ3n) is 3.78. The van der Waals surface area contributed by atoms with Crippen LogP contribution in [0.2, 0.25) is 0 Å². The number of aryl methyl sites for hydroxylation is 1. The van der Waals surface area contributed by atoms with Crippen LogP contribution in [-0.4, -0.2) is 6.61 Å². The zero-order valence-electron chi connectivity index (χ0n) is 12.3. The summed E-state index contributed by atoms with van der Waals surface area (Å²) in [5, 5.41) is 1.06. The molecule has 0 amide bonds. The molecule has 0 aliphatic carbocycles. The highest BCUT2D eigenvalue weighted by molar-refractivity contribution is 5.77. The topological polar surface area (TPSA) is 48.4 Å². The van der Waals surface area contributed by atoms with Crippen molar-refractivity contribution in [1.29, 1.82) is 0 Å². The predicted octanol–water partition coefficient (Wildman–Crippen LogP) is 4.13. The molecule has 3 aromatic rings. The number of ether oxygens (including phenoxy) is 1. The fourth-order valence-electron chi connectivity index (χ4n) is 2.33. The molecular weight excluding hydrogens is 262 g/mol. The van der Waals surface area contributed by atoms with E-state index in [2.05, 4.69) is 19.9 Å². The van der Waals surface area contributed by atoms with Crippen LogP contribution in [0.1, 0.15) is 22.9 Å². The molecule has 108 valence electrons. The van der Waals surface area contributed by atoms with E-state index in [1.165, 1.54) is 5.56 Å². The molecule has 3 nitrogen and oxygen atoms in total. The Balaban J connectivity index is 1.74. The van der Waals surface area contributed by atoms with Crippen LogP contribution < -0.4 is 10.5 Å². The van der Waals surface area contributed by atoms with Crippen molar-refractivity contribution in [3.05, 3.63) is 65.4 Å². The molecule has 21 heavy (non-hydrogen) atoms. The second-order valence-electron chi connectivity index (χ2n) is 5.30. The Hall–Kier alpha value is -2.26. The highest BCUT2D eigenvalue weighted by Gasteiger charge is 2.13. The Morgan fingerprint density at radius 3 is 2.71 bits per heavy atom. The summed E-state index contributed by atoms with van der Waals surface area (Å²) in [4.78, 5) is 0.